The molecule has 1 unspecified atom stereocenters. The van der Waals surface area contributed by atoms with Crippen molar-refractivity contribution in [3.63, 3.8) is 0 Å². The molecule has 2 rings (SSSR count). The Morgan fingerprint density at radius 2 is 2.07 bits per heavy atom. The van der Waals surface area contributed by atoms with E-state index in [9.17, 15) is 0 Å². The molecular formula is C12H17NO. The number of nitrogens with one attached hydrogen (secondary N) is 1. The maximum atomic E-state index is 5.85. The Morgan fingerprint density at radius 3 is 2.71 bits per heavy atom. The fraction of sp³-hybridized carbons (Fsp3) is 0.500. The summed E-state index contributed by atoms with van der Waals surface area (Å²) < 4.78 is 5.85. The van der Waals surface area contributed by atoms with Crippen molar-refractivity contribution in [1.29, 1.82) is 0 Å². The number of hydrogen-bond acceptors (Lipinski definition) is 2. The third kappa shape index (κ3) is 1.50. The molecule has 14 heavy (non-hydrogen) atoms. The number of benzene rings is 1. The van der Waals surface area contributed by atoms with Gasteiger partial charge in [-0.1, -0.05) is 19.1 Å². The zero-order chi connectivity index (χ0) is 10.1. The van der Waals surface area contributed by atoms with Crippen molar-refractivity contribution in [2.45, 2.75) is 33.4 Å². The number of ether oxygens (including phenoxy) is 1. The number of hydrogen-bond donors (Lipinski definition) is 1. The monoisotopic (exact) mass is 191 g/mol. The smallest absolute Gasteiger partial charge is 0.154 e. The summed E-state index contributed by atoms with van der Waals surface area (Å²) in [4.78, 5) is 0. The van der Waals surface area contributed by atoms with E-state index < -0.39 is 0 Å². The van der Waals surface area contributed by atoms with Gasteiger partial charge < -0.3 is 4.74 Å². The van der Waals surface area contributed by atoms with Crippen LogP contribution in [0.15, 0.2) is 12.1 Å². The van der Waals surface area contributed by atoms with Crippen LogP contribution < -0.4 is 10.1 Å². The third-order valence-electron chi connectivity index (χ3n) is 2.77. The van der Waals surface area contributed by atoms with E-state index in [0.717, 1.165) is 18.7 Å². The normalized spacial score (nSPS) is 19.2. The van der Waals surface area contributed by atoms with Crippen molar-refractivity contribution in [3.8, 4) is 5.75 Å². The summed E-state index contributed by atoms with van der Waals surface area (Å²) in [5.41, 5.74) is 3.95. The van der Waals surface area contributed by atoms with Crippen molar-refractivity contribution < 1.29 is 4.74 Å². The quantitative estimate of drug-likeness (QED) is 0.773. The average molecular weight is 191 g/mol. The van der Waals surface area contributed by atoms with Gasteiger partial charge >= 0.3 is 0 Å². The summed E-state index contributed by atoms with van der Waals surface area (Å²) in [7, 11) is 0. The van der Waals surface area contributed by atoms with Crippen molar-refractivity contribution in [1.82, 2.24) is 5.32 Å². The lowest BCUT2D eigenvalue weighted by Crippen LogP contribution is -2.32. The van der Waals surface area contributed by atoms with E-state index in [0.29, 0.717) is 0 Å². The molecule has 0 aromatic heterocycles. The van der Waals surface area contributed by atoms with Gasteiger partial charge in [0, 0.05) is 12.0 Å². The van der Waals surface area contributed by atoms with Crippen LogP contribution >= 0.6 is 0 Å². The van der Waals surface area contributed by atoms with Gasteiger partial charge in [-0.2, -0.15) is 0 Å². The molecule has 1 heterocycles. The zero-order valence-corrected chi connectivity index (χ0v) is 9.05. The lowest BCUT2D eigenvalue weighted by atomic mass is 10.0. The van der Waals surface area contributed by atoms with Crippen LogP contribution in [-0.2, 0) is 6.42 Å². The highest BCUT2D eigenvalue weighted by Gasteiger charge is 2.24. The molecule has 1 N–H and O–H groups in total. The number of fused-ring (bicyclic) bond motifs is 1. The average Bonchev–Trinajstić information content (AvgIpc) is 2.57. The standard InChI is InChI=1S/C12H17NO/c1-4-13-11-7-10-8(2)5-6-9(3)12(10)14-11/h5-6,11,13H,4,7H2,1-3H3. The number of likely N-dealkylation sites (N-methyl/N-ethyl adjacent to an activating group) is 1. The Kier molecular flexibility index (Phi) is 2.46. The van der Waals surface area contributed by atoms with Crippen molar-refractivity contribution in [2.75, 3.05) is 6.54 Å². The minimum Gasteiger partial charge on any atom is -0.474 e. The minimum absolute atomic E-state index is 0.176. The third-order valence-corrected chi connectivity index (χ3v) is 2.77. The van der Waals surface area contributed by atoms with Gasteiger partial charge in [-0.05, 0) is 31.5 Å². The lowest BCUT2D eigenvalue weighted by Gasteiger charge is -2.11. The van der Waals surface area contributed by atoms with Crippen molar-refractivity contribution >= 4 is 0 Å². The van der Waals surface area contributed by atoms with E-state index >= 15 is 0 Å². The Hall–Kier alpha value is -1.02. The largest absolute Gasteiger partial charge is 0.474 e. The molecule has 1 aromatic carbocycles. The van der Waals surface area contributed by atoms with Crippen molar-refractivity contribution in [3.05, 3.63) is 28.8 Å². The number of rotatable bonds is 2. The molecule has 0 saturated carbocycles. The molecule has 0 fully saturated rings. The molecule has 1 aliphatic rings. The molecule has 76 valence electrons. The SMILES string of the molecule is CCNC1Cc2c(C)ccc(C)c2O1. The zero-order valence-electron chi connectivity index (χ0n) is 9.05. The van der Waals surface area contributed by atoms with Crippen LogP contribution in [0.25, 0.3) is 0 Å². The molecule has 0 aliphatic carbocycles. The van der Waals surface area contributed by atoms with Gasteiger partial charge in [-0.15, -0.1) is 0 Å². The highest BCUT2D eigenvalue weighted by molar-refractivity contribution is 5.48. The van der Waals surface area contributed by atoms with E-state index in [4.69, 9.17) is 4.74 Å². The van der Waals surface area contributed by atoms with Crippen LogP contribution in [0.2, 0.25) is 0 Å². The Morgan fingerprint density at radius 1 is 1.36 bits per heavy atom. The predicted octanol–water partition coefficient (Wildman–Crippen LogP) is 2.17. The van der Waals surface area contributed by atoms with Crippen molar-refractivity contribution in [2.24, 2.45) is 0 Å². The maximum Gasteiger partial charge on any atom is 0.154 e. The Labute approximate surface area is 85.3 Å². The van der Waals surface area contributed by atoms with Gasteiger partial charge in [0.1, 0.15) is 5.75 Å². The molecular weight excluding hydrogens is 174 g/mol. The van der Waals surface area contributed by atoms with Gasteiger partial charge in [0.2, 0.25) is 0 Å². The Balaban J connectivity index is 2.29. The molecule has 0 bridgehead atoms. The highest BCUT2D eigenvalue weighted by Crippen LogP contribution is 2.33. The van der Waals surface area contributed by atoms with Crippen LogP contribution in [0.4, 0.5) is 0 Å². The molecule has 2 heteroatoms. The van der Waals surface area contributed by atoms with E-state index in [1.54, 1.807) is 0 Å². The van der Waals surface area contributed by atoms with E-state index in [1.165, 1.54) is 16.7 Å². The summed E-state index contributed by atoms with van der Waals surface area (Å²) in [6, 6.07) is 4.30. The predicted molar refractivity (Wildman–Crippen MR) is 57.7 cm³/mol. The molecule has 2 nitrogen and oxygen atoms in total. The second kappa shape index (κ2) is 3.62. The van der Waals surface area contributed by atoms with Gasteiger partial charge in [-0.3, -0.25) is 5.32 Å². The molecule has 1 aliphatic heterocycles. The first kappa shape index (κ1) is 9.53. The summed E-state index contributed by atoms with van der Waals surface area (Å²) >= 11 is 0. The molecule has 1 aromatic rings. The fourth-order valence-electron chi connectivity index (χ4n) is 1.97. The fourth-order valence-corrected chi connectivity index (χ4v) is 1.97. The summed E-state index contributed by atoms with van der Waals surface area (Å²) in [6.45, 7) is 7.31. The molecule has 1 atom stereocenters. The molecule has 0 spiro atoms. The molecule has 0 radical (unpaired) electrons. The summed E-state index contributed by atoms with van der Waals surface area (Å²) in [6.07, 6.45) is 1.17. The topological polar surface area (TPSA) is 21.3 Å². The van der Waals surface area contributed by atoms with Crippen LogP contribution in [0.3, 0.4) is 0 Å². The second-order valence-electron chi connectivity index (χ2n) is 3.88. The van der Waals surface area contributed by atoms with Crippen LogP contribution in [0, 0.1) is 13.8 Å². The minimum atomic E-state index is 0.176. The van der Waals surface area contributed by atoms with Gasteiger partial charge in [0.15, 0.2) is 6.23 Å². The first-order valence-corrected chi connectivity index (χ1v) is 5.21. The van der Waals surface area contributed by atoms with Crippen LogP contribution in [0.1, 0.15) is 23.6 Å². The first-order valence-electron chi connectivity index (χ1n) is 5.21. The second-order valence-corrected chi connectivity index (χ2v) is 3.88. The van der Waals surface area contributed by atoms with Crippen LogP contribution in [-0.4, -0.2) is 12.8 Å². The first-order chi connectivity index (χ1) is 6.72. The lowest BCUT2D eigenvalue weighted by molar-refractivity contribution is 0.194. The van der Waals surface area contributed by atoms with Crippen LogP contribution in [0.5, 0.6) is 5.75 Å². The number of aryl methyl sites for hydroxylation is 2. The van der Waals surface area contributed by atoms with Gasteiger partial charge in [0.05, 0.1) is 0 Å². The Bertz CT molecular complexity index is 315. The summed E-state index contributed by atoms with van der Waals surface area (Å²) in [5, 5.41) is 3.32. The molecule has 0 amide bonds. The highest BCUT2D eigenvalue weighted by atomic mass is 16.5. The maximum absolute atomic E-state index is 5.85. The summed E-state index contributed by atoms with van der Waals surface area (Å²) in [5.74, 6) is 1.09. The van der Waals surface area contributed by atoms with E-state index in [2.05, 4.69) is 38.2 Å². The van der Waals surface area contributed by atoms with E-state index in [1.807, 2.05) is 0 Å². The van der Waals surface area contributed by atoms with E-state index in [-0.39, 0.29) is 6.23 Å². The van der Waals surface area contributed by atoms with Gasteiger partial charge in [0.25, 0.3) is 0 Å². The van der Waals surface area contributed by atoms with Gasteiger partial charge in [-0.25, -0.2) is 0 Å². The molecule has 0 saturated heterocycles.